The van der Waals surface area contributed by atoms with Crippen LogP contribution >= 0.6 is 0 Å². The van der Waals surface area contributed by atoms with Gasteiger partial charge in [-0.15, -0.1) is 0 Å². The quantitative estimate of drug-likeness (QED) is 0.336. The number of hydrogen-bond acceptors (Lipinski definition) is 2. The normalized spacial score (nSPS) is 14.1. The molecule has 148 valence electrons. The van der Waals surface area contributed by atoms with Crippen LogP contribution in [0.1, 0.15) is 32.3 Å². The maximum atomic E-state index is 14.0. The van der Waals surface area contributed by atoms with Crippen LogP contribution in [0.15, 0.2) is 54.6 Å². The summed E-state index contributed by atoms with van der Waals surface area (Å²) < 4.78 is 51.3. The van der Waals surface area contributed by atoms with Gasteiger partial charge in [0.1, 0.15) is 11.6 Å². The van der Waals surface area contributed by atoms with Gasteiger partial charge in [-0.2, -0.15) is 4.39 Å². The Labute approximate surface area is 159 Å². The molecule has 0 aliphatic rings. The van der Waals surface area contributed by atoms with E-state index in [1.165, 1.54) is 32.4 Å². The Morgan fingerprint density at radius 2 is 1.78 bits per heavy atom. The highest BCUT2D eigenvalue weighted by Crippen LogP contribution is 2.27. The van der Waals surface area contributed by atoms with Crippen molar-refractivity contribution in [1.29, 1.82) is 0 Å². The topological polar surface area (TPSA) is 18.5 Å². The Morgan fingerprint density at radius 3 is 2.37 bits per heavy atom. The molecule has 0 heterocycles. The predicted octanol–water partition coefficient (Wildman–Crippen LogP) is 6.61. The first-order valence-corrected chi connectivity index (χ1v) is 8.70. The molecule has 1 aromatic rings. The molecule has 0 aliphatic heterocycles. The molecule has 27 heavy (non-hydrogen) atoms. The first-order chi connectivity index (χ1) is 12.7. The van der Waals surface area contributed by atoms with E-state index < -0.39 is 17.5 Å². The van der Waals surface area contributed by atoms with Crippen molar-refractivity contribution in [3.63, 3.8) is 0 Å². The lowest BCUT2D eigenvalue weighted by Crippen LogP contribution is -2.02. The number of rotatable bonds is 10. The SMILES string of the molecule is C=C(/C=C(/F)C(=C)C(C)CCC(C)/C=C/c1ccc(OC)c(F)c1F)OC. The smallest absolute Gasteiger partial charge is 0.201 e. The molecule has 1 rings (SSSR count). The standard InChI is InChI=1S/C22H27F3O2/c1-14(7-9-15(2)17(4)19(23)13-16(3)26-5)8-10-18-11-12-20(27-6)22(25)21(18)24/h8,10-15H,3-4,7,9H2,1-2,5-6H3/b10-8+,19-13+. The molecule has 0 aromatic heterocycles. The summed E-state index contributed by atoms with van der Waals surface area (Å²) in [4.78, 5) is 0. The Morgan fingerprint density at radius 1 is 1.11 bits per heavy atom. The molecule has 2 atom stereocenters. The second kappa shape index (κ2) is 10.7. The fourth-order valence-corrected chi connectivity index (χ4v) is 2.41. The van der Waals surface area contributed by atoms with E-state index in [0.717, 1.165) is 6.42 Å². The molecule has 0 aliphatic carbocycles. The summed E-state index contributed by atoms with van der Waals surface area (Å²) in [5.74, 6) is -2.26. The third-order valence-corrected chi connectivity index (χ3v) is 4.41. The third-order valence-electron chi connectivity index (χ3n) is 4.41. The number of ether oxygens (including phenoxy) is 2. The van der Waals surface area contributed by atoms with E-state index in [9.17, 15) is 13.2 Å². The highest BCUT2D eigenvalue weighted by molar-refractivity contribution is 5.52. The van der Waals surface area contributed by atoms with Crippen LogP contribution in [0.4, 0.5) is 13.2 Å². The van der Waals surface area contributed by atoms with Crippen molar-refractivity contribution in [3.8, 4) is 5.75 Å². The molecule has 0 N–H and O–H groups in total. The van der Waals surface area contributed by atoms with Gasteiger partial charge < -0.3 is 9.47 Å². The lowest BCUT2D eigenvalue weighted by molar-refractivity contribution is 0.307. The van der Waals surface area contributed by atoms with Crippen LogP contribution in [0.3, 0.4) is 0 Å². The van der Waals surface area contributed by atoms with Gasteiger partial charge >= 0.3 is 0 Å². The average Bonchev–Trinajstić information content (AvgIpc) is 2.66. The molecular formula is C22H27F3O2. The van der Waals surface area contributed by atoms with Crippen molar-refractivity contribution in [2.24, 2.45) is 11.8 Å². The minimum Gasteiger partial charge on any atom is -0.497 e. The number of methoxy groups -OCH3 is 2. The molecule has 0 saturated carbocycles. The van der Waals surface area contributed by atoms with Crippen LogP contribution in [-0.4, -0.2) is 14.2 Å². The zero-order chi connectivity index (χ0) is 20.6. The number of hydrogen-bond donors (Lipinski definition) is 0. The van der Waals surface area contributed by atoms with Crippen LogP contribution in [0.2, 0.25) is 0 Å². The molecule has 0 saturated heterocycles. The monoisotopic (exact) mass is 380 g/mol. The van der Waals surface area contributed by atoms with E-state index in [1.807, 2.05) is 13.8 Å². The van der Waals surface area contributed by atoms with E-state index in [4.69, 9.17) is 9.47 Å². The average molecular weight is 380 g/mol. The summed E-state index contributed by atoms with van der Waals surface area (Å²) in [5, 5.41) is 0. The van der Waals surface area contributed by atoms with Crippen LogP contribution in [0.5, 0.6) is 5.75 Å². The van der Waals surface area contributed by atoms with Crippen molar-refractivity contribution in [2.75, 3.05) is 14.2 Å². The second-order valence-electron chi connectivity index (χ2n) is 6.49. The maximum absolute atomic E-state index is 14.0. The van der Waals surface area contributed by atoms with Crippen molar-refractivity contribution >= 4 is 6.08 Å². The number of halogens is 3. The molecular weight excluding hydrogens is 353 g/mol. The molecule has 1 aromatic carbocycles. The molecule has 2 nitrogen and oxygen atoms in total. The highest BCUT2D eigenvalue weighted by Gasteiger charge is 2.14. The van der Waals surface area contributed by atoms with Gasteiger partial charge in [0.25, 0.3) is 0 Å². The van der Waals surface area contributed by atoms with Gasteiger partial charge in [-0.25, -0.2) is 8.78 Å². The summed E-state index contributed by atoms with van der Waals surface area (Å²) in [7, 11) is 2.71. The van der Waals surface area contributed by atoms with Gasteiger partial charge in [0.15, 0.2) is 11.6 Å². The highest BCUT2D eigenvalue weighted by atomic mass is 19.2. The van der Waals surface area contributed by atoms with Gasteiger partial charge in [0.05, 0.1) is 14.2 Å². The number of allylic oxidation sites excluding steroid dienone is 4. The Kier molecular flexibility index (Phi) is 8.92. The van der Waals surface area contributed by atoms with Gasteiger partial charge in [0, 0.05) is 11.6 Å². The van der Waals surface area contributed by atoms with E-state index in [1.54, 1.807) is 12.2 Å². The maximum Gasteiger partial charge on any atom is 0.201 e. The Hall–Kier alpha value is -2.43. The van der Waals surface area contributed by atoms with Crippen LogP contribution in [0, 0.1) is 23.5 Å². The van der Waals surface area contributed by atoms with Crippen LogP contribution in [-0.2, 0) is 4.74 Å². The van der Waals surface area contributed by atoms with E-state index >= 15 is 0 Å². The summed E-state index contributed by atoms with van der Waals surface area (Å²) in [6.45, 7) is 11.2. The molecule has 5 heteroatoms. The van der Waals surface area contributed by atoms with E-state index in [-0.39, 0.29) is 28.9 Å². The van der Waals surface area contributed by atoms with Gasteiger partial charge in [-0.1, -0.05) is 39.2 Å². The summed E-state index contributed by atoms with van der Waals surface area (Å²) >= 11 is 0. The molecule has 0 spiro atoms. The zero-order valence-electron chi connectivity index (χ0n) is 16.3. The summed E-state index contributed by atoms with van der Waals surface area (Å²) in [6.07, 6.45) is 6.01. The van der Waals surface area contributed by atoms with Gasteiger partial charge in [-0.3, -0.25) is 0 Å². The van der Waals surface area contributed by atoms with Crippen LogP contribution in [0.25, 0.3) is 6.08 Å². The third kappa shape index (κ3) is 6.66. The summed E-state index contributed by atoms with van der Waals surface area (Å²) in [6, 6.07) is 2.85. The minimum absolute atomic E-state index is 0.0723. The second-order valence-corrected chi connectivity index (χ2v) is 6.49. The molecule has 0 fully saturated rings. The first-order valence-electron chi connectivity index (χ1n) is 8.70. The largest absolute Gasteiger partial charge is 0.497 e. The molecule has 0 radical (unpaired) electrons. The lowest BCUT2D eigenvalue weighted by atomic mass is 9.91. The minimum atomic E-state index is -1.00. The molecule has 2 unspecified atom stereocenters. The van der Waals surface area contributed by atoms with Crippen molar-refractivity contribution in [2.45, 2.75) is 26.7 Å². The fraction of sp³-hybridized carbons (Fsp3) is 0.364. The van der Waals surface area contributed by atoms with Gasteiger partial charge in [0.2, 0.25) is 5.82 Å². The predicted molar refractivity (Wildman–Crippen MR) is 104 cm³/mol. The Balaban J connectivity index is 2.65. The van der Waals surface area contributed by atoms with E-state index in [0.29, 0.717) is 12.0 Å². The van der Waals surface area contributed by atoms with Gasteiger partial charge in [-0.05, 0) is 42.4 Å². The molecule has 0 bridgehead atoms. The number of benzene rings is 1. The van der Waals surface area contributed by atoms with Crippen LogP contribution < -0.4 is 4.74 Å². The fourth-order valence-electron chi connectivity index (χ4n) is 2.41. The zero-order valence-corrected chi connectivity index (χ0v) is 16.3. The van der Waals surface area contributed by atoms with E-state index in [2.05, 4.69) is 13.2 Å². The lowest BCUT2D eigenvalue weighted by Gasteiger charge is -2.15. The van der Waals surface area contributed by atoms with Crippen molar-refractivity contribution in [1.82, 2.24) is 0 Å². The Bertz CT molecular complexity index is 735. The van der Waals surface area contributed by atoms with Crippen molar-refractivity contribution < 1.29 is 22.6 Å². The van der Waals surface area contributed by atoms with Crippen molar-refractivity contribution in [3.05, 3.63) is 71.8 Å². The summed E-state index contributed by atoms with van der Waals surface area (Å²) in [5.41, 5.74) is 0.539. The molecule has 0 amide bonds. The first kappa shape index (κ1) is 22.6.